The van der Waals surface area contributed by atoms with Crippen LogP contribution in [0.15, 0.2) is 47.7 Å². The van der Waals surface area contributed by atoms with E-state index >= 15 is 0 Å². The van der Waals surface area contributed by atoms with Crippen LogP contribution >= 0.6 is 23.2 Å². The molecular weight excluding hydrogens is 473 g/mol. The van der Waals surface area contributed by atoms with Gasteiger partial charge in [-0.3, -0.25) is 13.9 Å². The van der Waals surface area contributed by atoms with Crippen molar-refractivity contribution >= 4 is 28.8 Å². The molecule has 3 aromatic heterocycles. The molecule has 2 fully saturated rings. The first-order valence-corrected chi connectivity index (χ1v) is 12.2. The Kier molecular flexibility index (Phi) is 5.43. The van der Waals surface area contributed by atoms with Gasteiger partial charge < -0.3 is 4.74 Å². The number of rotatable bonds is 4. The number of hydrogen-bond donors (Lipinski definition) is 0. The summed E-state index contributed by atoms with van der Waals surface area (Å²) in [4.78, 5) is 22.7. The second kappa shape index (κ2) is 8.48. The Morgan fingerprint density at radius 3 is 2.62 bits per heavy atom. The van der Waals surface area contributed by atoms with Gasteiger partial charge in [-0.15, -0.1) is 0 Å². The van der Waals surface area contributed by atoms with Crippen molar-refractivity contribution in [3.05, 3.63) is 80.2 Å². The number of aromatic nitrogens is 5. The average Bonchev–Trinajstić information content (AvgIpc) is 3.59. The van der Waals surface area contributed by atoms with E-state index < -0.39 is 0 Å². The highest BCUT2D eigenvalue weighted by atomic mass is 35.5. The van der Waals surface area contributed by atoms with Gasteiger partial charge in [0.05, 0.1) is 29.7 Å². The summed E-state index contributed by atoms with van der Waals surface area (Å²) in [5.41, 5.74) is 4.05. The van der Waals surface area contributed by atoms with E-state index in [1.165, 1.54) is 17.2 Å². The fourth-order valence-corrected chi connectivity index (χ4v) is 4.86. The summed E-state index contributed by atoms with van der Waals surface area (Å²) in [6.07, 6.45) is 9.70. The monoisotopic (exact) mass is 495 g/mol. The quantitative estimate of drug-likeness (QED) is 0.371. The van der Waals surface area contributed by atoms with E-state index in [9.17, 15) is 4.79 Å². The van der Waals surface area contributed by atoms with Crippen molar-refractivity contribution in [2.75, 3.05) is 6.61 Å². The lowest BCUT2D eigenvalue weighted by Gasteiger charge is -2.29. The maximum atomic E-state index is 13.1. The van der Waals surface area contributed by atoms with Gasteiger partial charge in [0.15, 0.2) is 5.65 Å². The summed E-state index contributed by atoms with van der Waals surface area (Å²) < 4.78 is 9.68. The molecule has 9 heteroatoms. The van der Waals surface area contributed by atoms with Gasteiger partial charge in [-0.2, -0.15) is 5.10 Å². The van der Waals surface area contributed by atoms with Gasteiger partial charge in [0.25, 0.3) is 5.56 Å². The number of nitrogens with zero attached hydrogens (tertiary/aromatic N) is 5. The molecule has 0 amide bonds. The summed E-state index contributed by atoms with van der Waals surface area (Å²) in [6, 6.07) is 7.94. The molecule has 0 N–H and O–H groups in total. The van der Waals surface area contributed by atoms with Crippen LogP contribution in [-0.2, 0) is 4.74 Å². The molecular formula is C25H23Cl2N5O2. The lowest BCUT2D eigenvalue weighted by molar-refractivity contribution is 0.00454. The number of fused-ring (bicyclic) bond motifs is 1. The van der Waals surface area contributed by atoms with Crippen LogP contribution in [0, 0.1) is 6.92 Å². The van der Waals surface area contributed by atoms with Crippen LogP contribution < -0.4 is 5.56 Å². The Morgan fingerprint density at radius 2 is 1.85 bits per heavy atom. The minimum atomic E-state index is -0.294. The SMILES string of the molecule is Cc1nc2c(-c3ccc(Cl)cc3)nc([C@@H]3CCO[C@@H](c4cnn(C5CC5)c4)C3)cn2c(=O)c1Cl. The van der Waals surface area contributed by atoms with Gasteiger partial charge >= 0.3 is 0 Å². The van der Waals surface area contributed by atoms with Crippen molar-refractivity contribution in [1.82, 2.24) is 24.1 Å². The average molecular weight is 496 g/mol. The van der Waals surface area contributed by atoms with E-state index in [1.807, 2.05) is 35.1 Å². The number of ether oxygens (including phenoxy) is 1. The first-order chi connectivity index (χ1) is 16.5. The lowest BCUT2D eigenvalue weighted by atomic mass is 9.90. The van der Waals surface area contributed by atoms with Crippen molar-refractivity contribution in [2.24, 2.45) is 0 Å². The zero-order valence-corrected chi connectivity index (χ0v) is 20.1. The number of benzene rings is 1. The third kappa shape index (κ3) is 3.91. The van der Waals surface area contributed by atoms with Crippen LogP contribution in [0.2, 0.25) is 10.0 Å². The smallest absolute Gasteiger partial charge is 0.277 e. The minimum absolute atomic E-state index is 0.0563. The van der Waals surface area contributed by atoms with E-state index in [0.717, 1.165) is 29.7 Å². The number of hydrogen-bond acceptors (Lipinski definition) is 5. The largest absolute Gasteiger partial charge is 0.373 e. The first kappa shape index (κ1) is 21.8. The van der Waals surface area contributed by atoms with E-state index in [0.29, 0.717) is 34.7 Å². The Labute approximate surface area is 206 Å². The van der Waals surface area contributed by atoms with E-state index in [4.69, 9.17) is 32.9 Å². The van der Waals surface area contributed by atoms with Gasteiger partial charge in [-0.05, 0) is 44.7 Å². The van der Waals surface area contributed by atoms with E-state index in [2.05, 4.69) is 16.3 Å². The Hall–Kier alpha value is -2.74. The molecule has 4 heterocycles. The van der Waals surface area contributed by atoms with Crippen LogP contribution in [-0.4, -0.2) is 30.8 Å². The Morgan fingerprint density at radius 1 is 1.06 bits per heavy atom. The number of halogens is 2. The van der Waals surface area contributed by atoms with Gasteiger partial charge in [0.1, 0.15) is 10.7 Å². The molecule has 1 aromatic carbocycles. The van der Waals surface area contributed by atoms with Crippen molar-refractivity contribution in [1.29, 1.82) is 0 Å². The maximum Gasteiger partial charge on any atom is 0.277 e. The molecule has 34 heavy (non-hydrogen) atoms. The fraction of sp³-hybridized carbons (Fsp3) is 0.360. The van der Waals surface area contributed by atoms with E-state index in [1.54, 1.807) is 13.1 Å². The Balaban J connectivity index is 1.43. The molecule has 6 rings (SSSR count). The molecule has 7 nitrogen and oxygen atoms in total. The number of aryl methyl sites for hydroxylation is 1. The summed E-state index contributed by atoms with van der Waals surface area (Å²) >= 11 is 12.4. The van der Waals surface area contributed by atoms with Gasteiger partial charge in [-0.25, -0.2) is 9.97 Å². The normalized spacial score (nSPS) is 20.7. The highest BCUT2D eigenvalue weighted by Crippen LogP contribution is 2.39. The highest BCUT2D eigenvalue weighted by Gasteiger charge is 2.30. The summed E-state index contributed by atoms with van der Waals surface area (Å²) in [6.45, 7) is 2.34. The second-order valence-corrected chi connectivity index (χ2v) is 9.91. The van der Waals surface area contributed by atoms with Gasteiger partial charge in [-0.1, -0.05) is 35.3 Å². The lowest BCUT2D eigenvalue weighted by Crippen LogP contribution is -2.23. The van der Waals surface area contributed by atoms with Crippen LogP contribution in [0.1, 0.15) is 60.7 Å². The molecule has 2 aliphatic rings. The molecule has 0 unspecified atom stereocenters. The predicted molar refractivity (Wildman–Crippen MR) is 131 cm³/mol. The first-order valence-electron chi connectivity index (χ1n) is 11.5. The maximum absolute atomic E-state index is 13.1. The van der Waals surface area contributed by atoms with Crippen molar-refractivity contribution in [3.63, 3.8) is 0 Å². The minimum Gasteiger partial charge on any atom is -0.373 e. The molecule has 2 atom stereocenters. The third-order valence-corrected chi connectivity index (χ3v) is 7.36. The molecule has 1 saturated heterocycles. The molecule has 174 valence electrons. The molecule has 0 spiro atoms. The highest BCUT2D eigenvalue weighted by molar-refractivity contribution is 6.31. The topological polar surface area (TPSA) is 74.3 Å². The molecule has 0 bridgehead atoms. The summed E-state index contributed by atoms with van der Waals surface area (Å²) in [5.74, 6) is 0.116. The van der Waals surface area contributed by atoms with E-state index in [-0.39, 0.29) is 22.6 Å². The van der Waals surface area contributed by atoms with Gasteiger partial charge in [0, 0.05) is 41.1 Å². The predicted octanol–water partition coefficient (Wildman–Crippen LogP) is 5.54. The molecule has 1 aliphatic carbocycles. The summed E-state index contributed by atoms with van der Waals surface area (Å²) in [5, 5.41) is 5.28. The standard InChI is InChI=1S/C25H23Cl2N5O2/c1-14-22(27)25(33)31-13-20(30-23(24(31)29-14)15-2-4-18(26)5-3-15)16-8-9-34-21(10-16)17-11-28-32(12-17)19-6-7-19/h2-5,11-13,16,19,21H,6-10H2,1H3/t16-,21-/m1/s1. The van der Waals surface area contributed by atoms with Crippen LogP contribution in [0.25, 0.3) is 16.9 Å². The fourth-order valence-electron chi connectivity index (χ4n) is 4.60. The van der Waals surface area contributed by atoms with Crippen molar-refractivity contribution < 1.29 is 4.74 Å². The van der Waals surface area contributed by atoms with Crippen LogP contribution in [0.3, 0.4) is 0 Å². The van der Waals surface area contributed by atoms with Crippen LogP contribution in [0.5, 0.6) is 0 Å². The van der Waals surface area contributed by atoms with Crippen molar-refractivity contribution in [2.45, 2.75) is 50.7 Å². The third-order valence-electron chi connectivity index (χ3n) is 6.67. The second-order valence-electron chi connectivity index (χ2n) is 9.10. The zero-order valence-electron chi connectivity index (χ0n) is 18.6. The molecule has 1 aliphatic heterocycles. The zero-order chi connectivity index (χ0) is 23.4. The molecule has 1 saturated carbocycles. The van der Waals surface area contributed by atoms with Crippen LogP contribution in [0.4, 0.5) is 0 Å². The Bertz CT molecular complexity index is 1440. The molecule has 0 radical (unpaired) electrons. The summed E-state index contributed by atoms with van der Waals surface area (Å²) in [7, 11) is 0. The molecule has 4 aromatic rings. The van der Waals surface area contributed by atoms with Gasteiger partial charge in [0.2, 0.25) is 0 Å². The van der Waals surface area contributed by atoms with Crippen molar-refractivity contribution in [3.8, 4) is 11.3 Å².